The fourth-order valence-corrected chi connectivity index (χ4v) is 11.5. The van der Waals surface area contributed by atoms with E-state index in [1.54, 1.807) is 34.8 Å². The van der Waals surface area contributed by atoms with Gasteiger partial charge in [0.25, 0.3) is 0 Å². The molecule has 6 aromatic rings. The summed E-state index contributed by atoms with van der Waals surface area (Å²) in [5, 5.41) is 32.0. The average molecular weight is 1090 g/mol. The highest BCUT2D eigenvalue weighted by molar-refractivity contribution is 7.15. The molecule has 19 heteroatoms. The summed E-state index contributed by atoms with van der Waals surface area (Å²) in [4.78, 5) is 63.1. The second-order valence-corrected chi connectivity index (χ2v) is 22.9. The number of fused-ring (bicyclic) bond motifs is 3. The molecule has 2 aliphatic rings. The Kier molecular flexibility index (Phi) is 18.6. The first-order chi connectivity index (χ1) is 36.4. The summed E-state index contributed by atoms with van der Waals surface area (Å²) < 4.78 is 19.4. The quantitative estimate of drug-likeness (QED) is 0.0476. The number of aromatic nitrogens is 3. The molecule has 3 aromatic carbocycles. The minimum atomic E-state index is -0.947. The van der Waals surface area contributed by atoms with Gasteiger partial charge in [0, 0.05) is 77.3 Å². The van der Waals surface area contributed by atoms with E-state index in [4.69, 9.17) is 30.8 Å². The van der Waals surface area contributed by atoms with Crippen LogP contribution in [0.1, 0.15) is 103 Å². The van der Waals surface area contributed by atoms with Crippen molar-refractivity contribution in [3.8, 4) is 21.2 Å². The predicted octanol–water partition coefficient (Wildman–Crippen LogP) is 9.26. The highest BCUT2D eigenvalue weighted by Crippen LogP contribution is 2.40. The Morgan fingerprint density at radius 2 is 1.54 bits per heavy atom. The van der Waals surface area contributed by atoms with Gasteiger partial charge in [-0.25, -0.2) is 0 Å². The zero-order chi connectivity index (χ0) is 54.1. The fourth-order valence-electron chi connectivity index (χ4n) is 9.25. The number of unbranched alkanes of at least 4 members (excludes halogenated alkanes) is 1. The van der Waals surface area contributed by atoms with Crippen LogP contribution in [0.3, 0.4) is 0 Å². The van der Waals surface area contributed by atoms with Crippen molar-refractivity contribution in [2.75, 3.05) is 44.9 Å². The number of aryl methyl sites for hydroxylation is 3. The smallest absolute Gasteiger partial charge is 0.246 e. The third-order valence-corrected chi connectivity index (χ3v) is 16.0. The van der Waals surface area contributed by atoms with Crippen molar-refractivity contribution in [3.63, 3.8) is 0 Å². The number of β-amino-alcohol motifs (C(OH)–C–C–N with tert-alkyl or cyclic N) is 1. The zero-order valence-electron chi connectivity index (χ0n) is 44.1. The fraction of sp³-hybridized carbons (Fsp3) is 0.421. The maximum Gasteiger partial charge on any atom is 0.246 e. The summed E-state index contributed by atoms with van der Waals surface area (Å²) in [5.74, 6) is 0.557. The Balaban J connectivity index is 0.709. The maximum atomic E-state index is 14.0. The number of anilines is 1. The van der Waals surface area contributed by atoms with Crippen LogP contribution in [0.2, 0.25) is 5.02 Å². The van der Waals surface area contributed by atoms with Gasteiger partial charge >= 0.3 is 0 Å². The van der Waals surface area contributed by atoms with Gasteiger partial charge in [-0.15, -0.1) is 32.9 Å². The summed E-state index contributed by atoms with van der Waals surface area (Å²) in [7, 11) is 0. The number of halogens is 1. The van der Waals surface area contributed by atoms with Crippen molar-refractivity contribution >= 4 is 69.3 Å². The van der Waals surface area contributed by atoms with E-state index in [0.717, 1.165) is 50.8 Å². The first kappa shape index (κ1) is 55.9. The topological polar surface area (TPSA) is 199 Å². The Hall–Kier alpha value is -6.28. The third-order valence-electron chi connectivity index (χ3n) is 13.5. The van der Waals surface area contributed by atoms with Gasteiger partial charge in [-0.1, -0.05) is 68.8 Å². The van der Waals surface area contributed by atoms with E-state index < -0.39 is 41.5 Å². The highest BCUT2D eigenvalue weighted by atomic mass is 35.5. The van der Waals surface area contributed by atoms with Crippen molar-refractivity contribution in [1.82, 2.24) is 30.3 Å². The molecule has 2 aliphatic heterocycles. The molecule has 0 spiro atoms. The molecule has 0 saturated carbocycles. The van der Waals surface area contributed by atoms with E-state index in [1.165, 1.54) is 20.2 Å². The largest absolute Gasteiger partial charge is 0.494 e. The average Bonchev–Trinajstić information content (AvgIpc) is 4.19. The van der Waals surface area contributed by atoms with Crippen LogP contribution in [-0.4, -0.2) is 112 Å². The molecule has 5 heterocycles. The van der Waals surface area contributed by atoms with E-state index in [-0.39, 0.29) is 44.4 Å². The Morgan fingerprint density at radius 3 is 2.24 bits per heavy atom. The van der Waals surface area contributed by atoms with Crippen LogP contribution in [0.25, 0.3) is 15.4 Å². The molecule has 4 N–H and O–H groups in total. The van der Waals surface area contributed by atoms with Crippen molar-refractivity contribution < 1.29 is 38.5 Å². The Labute approximate surface area is 457 Å². The van der Waals surface area contributed by atoms with Gasteiger partial charge in [0.15, 0.2) is 5.82 Å². The first-order valence-corrected chi connectivity index (χ1v) is 27.8. The summed E-state index contributed by atoms with van der Waals surface area (Å²) in [6.07, 6.45) is 1.37. The minimum absolute atomic E-state index is 0.00589. The van der Waals surface area contributed by atoms with Gasteiger partial charge in [0.1, 0.15) is 41.3 Å². The summed E-state index contributed by atoms with van der Waals surface area (Å²) in [5.41, 5.74) is 6.99. The predicted molar refractivity (Wildman–Crippen MR) is 298 cm³/mol. The normalized spacial score (nSPS) is 16.6. The number of benzene rings is 3. The summed E-state index contributed by atoms with van der Waals surface area (Å²) in [6.45, 7) is 15.5. The number of aliphatic imine (C=N–C) groups is 1. The molecular weight excluding hydrogens is 1020 g/mol. The van der Waals surface area contributed by atoms with E-state index in [9.17, 15) is 24.3 Å². The molecule has 8 rings (SSSR count). The van der Waals surface area contributed by atoms with Gasteiger partial charge < -0.3 is 40.2 Å². The Morgan fingerprint density at radius 1 is 0.842 bits per heavy atom. The zero-order valence-corrected chi connectivity index (χ0v) is 46.5. The van der Waals surface area contributed by atoms with Crippen LogP contribution in [0.5, 0.6) is 5.75 Å². The number of likely N-dealkylation sites (tertiary alicyclic amines) is 1. The van der Waals surface area contributed by atoms with Crippen molar-refractivity contribution in [2.45, 2.75) is 111 Å². The third kappa shape index (κ3) is 13.8. The van der Waals surface area contributed by atoms with Gasteiger partial charge in [0.2, 0.25) is 23.6 Å². The number of aliphatic hydroxyl groups is 1. The van der Waals surface area contributed by atoms with Crippen LogP contribution < -0.4 is 20.7 Å². The second-order valence-electron chi connectivity index (χ2n) is 20.4. The lowest BCUT2D eigenvalue weighted by Gasteiger charge is -2.35. The van der Waals surface area contributed by atoms with Gasteiger partial charge in [-0.3, -0.25) is 28.7 Å². The maximum absolute atomic E-state index is 14.0. The monoisotopic (exact) mass is 1090 g/mol. The number of nitrogens with zero attached hydrogens (tertiary/aromatic N) is 5. The molecule has 0 bridgehead atoms. The molecule has 76 heavy (non-hydrogen) atoms. The van der Waals surface area contributed by atoms with Crippen molar-refractivity contribution in [3.05, 3.63) is 134 Å². The molecule has 0 radical (unpaired) electrons. The molecule has 16 nitrogen and oxygen atoms in total. The number of aliphatic hydroxyl groups excluding tert-OH is 1. The number of ether oxygens (including phenoxy) is 3. The standard InChI is InChI=1S/C57H67ClN8O8S2/c1-34-23-28-75-51(34)40-13-11-38(12-14-40)31-59-54(70)46-29-43(67)32-65(46)55(71)52(57(5,6)7)62-48(69)33-73-25-9-8-24-72-26-10-27-74-44-21-19-42(20-22-44)60-47(68)30-45-53-64-63-37(4)66(53)56-49(35(2)36(3)76-56)50(61-45)39-15-17-41(58)18-16-39/h11-23,28,43,45-46,52,67H,8-10,24-27,29-33H2,1-7H3,(H,59,70)(H,60,68)(H,62,69)/t43-,45+,46+,52-/m1/s1. The number of nitrogens with one attached hydrogen (secondary N) is 3. The van der Waals surface area contributed by atoms with E-state index in [2.05, 4.69) is 58.4 Å². The van der Waals surface area contributed by atoms with Crippen LogP contribution >= 0.6 is 34.3 Å². The number of thiophene rings is 2. The SMILES string of the molecule is Cc1ccsc1-c1ccc(CNC(=O)[C@@H]2C[C@@H](O)CN2C(=O)[C@@H](NC(=O)COCCCCOCCCOc2ccc(NC(=O)C[C@@H]3N=C(c4ccc(Cl)cc4)c4c(sc(C)c4C)-n4c(C)nnc43)cc2)C(C)(C)C)cc1. The van der Waals surface area contributed by atoms with E-state index in [1.807, 2.05) is 92.9 Å². The molecule has 0 aliphatic carbocycles. The van der Waals surface area contributed by atoms with Crippen molar-refractivity contribution in [2.24, 2.45) is 10.4 Å². The number of carbonyl (C=O) groups is 4. The van der Waals surface area contributed by atoms with Gasteiger partial charge in [-0.05, 0) is 116 Å². The number of hydrogen-bond acceptors (Lipinski definition) is 13. The van der Waals surface area contributed by atoms with Gasteiger partial charge in [-0.2, -0.15) is 0 Å². The van der Waals surface area contributed by atoms with Gasteiger partial charge in [0.05, 0.1) is 24.8 Å². The summed E-state index contributed by atoms with van der Waals surface area (Å²) in [6, 6.07) is 22.5. The first-order valence-electron chi connectivity index (χ1n) is 25.7. The summed E-state index contributed by atoms with van der Waals surface area (Å²) >= 11 is 9.60. The van der Waals surface area contributed by atoms with Crippen LogP contribution in [0.4, 0.5) is 5.69 Å². The molecular formula is C57H67ClN8O8S2. The van der Waals surface area contributed by atoms with Crippen LogP contribution in [-0.2, 0) is 35.2 Å². The minimum Gasteiger partial charge on any atom is -0.494 e. The van der Waals surface area contributed by atoms with Crippen molar-refractivity contribution in [1.29, 1.82) is 0 Å². The lowest BCUT2D eigenvalue weighted by atomic mass is 9.85. The lowest BCUT2D eigenvalue weighted by molar-refractivity contribution is -0.144. The van der Waals surface area contributed by atoms with Crippen LogP contribution in [0, 0.1) is 33.1 Å². The number of amides is 4. The van der Waals surface area contributed by atoms with E-state index >= 15 is 0 Å². The number of hydrogen-bond donors (Lipinski definition) is 4. The second kappa shape index (κ2) is 25.2. The molecule has 1 fully saturated rings. The molecule has 4 atom stereocenters. The van der Waals surface area contributed by atoms with Crippen LogP contribution in [0.15, 0.2) is 89.2 Å². The Bertz CT molecular complexity index is 3020. The highest BCUT2D eigenvalue weighted by Gasteiger charge is 2.44. The molecule has 402 valence electrons. The number of rotatable bonds is 22. The molecule has 0 unspecified atom stereocenters. The van der Waals surface area contributed by atoms with E-state index in [0.29, 0.717) is 61.6 Å². The molecule has 4 amide bonds. The number of carbonyl (C=O) groups excluding carboxylic acids is 4. The molecule has 3 aromatic heterocycles. The molecule has 1 saturated heterocycles. The lowest BCUT2D eigenvalue weighted by Crippen LogP contribution is -2.58.